The molecule has 0 aliphatic carbocycles. The summed E-state index contributed by atoms with van der Waals surface area (Å²) >= 11 is 1.59. The number of nitrogens with one attached hydrogen (secondary N) is 1. The van der Waals surface area contributed by atoms with Crippen molar-refractivity contribution in [1.29, 1.82) is 0 Å². The first-order valence-electron chi connectivity index (χ1n) is 8.53. The highest BCUT2D eigenvalue weighted by Gasteiger charge is 2.39. The van der Waals surface area contributed by atoms with E-state index in [9.17, 15) is 9.59 Å². The molecule has 7 heteroatoms. The Kier molecular flexibility index (Phi) is 4.75. The van der Waals surface area contributed by atoms with Gasteiger partial charge in [0, 0.05) is 25.2 Å². The summed E-state index contributed by atoms with van der Waals surface area (Å²) in [5, 5.41) is 3.48. The Morgan fingerprint density at radius 1 is 1.31 bits per heavy atom. The predicted octanol–water partition coefficient (Wildman–Crippen LogP) is 2.78. The Morgan fingerprint density at radius 2 is 2.00 bits per heavy atom. The van der Waals surface area contributed by atoms with E-state index in [1.807, 2.05) is 29.3 Å². The average molecular weight is 372 g/mol. The topological polar surface area (TPSA) is 65.5 Å². The number of nitrogens with zero attached hydrogens (tertiary/aromatic N) is 3. The van der Waals surface area contributed by atoms with E-state index in [4.69, 9.17) is 0 Å². The van der Waals surface area contributed by atoms with Crippen LogP contribution in [0.15, 0.2) is 30.5 Å². The van der Waals surface area contributed by atoms with Gasteiger partial charge in [0.25, 0.3) is 5.91 Å². The van der Waals surface area contributed by atoms with Gasteiger partial charge in [0.05, 0.1) is 17.8 Å². The van der Waals surface area contributed by atoms with Gasteiger partial charge in [0.15, 0.2) is 6.17 Å². The molecule has 0 radical (unpaired) electrons. The van der Waals surface area contributed by atoms with E-state index in [-0.39, 0.29) is 23.8 Å². The summed E-state index contributed by atoms with van der Waals surface area (Å²) in [6.45, 7) is 6.56. The highest BCUT2D eigenvalue weighted by molar-refractivity contribution is 7.11. The normalized spacial score (nSPS) is 17.3. The van der Waals surface area contributed by atoms with Crippen molar-refractivity contribution < 1.29 is 9.59 Å². The molecule has 0 saturated heterocycles. The van der Waals surface area contributed by atoms with Crippen molar-refractivity contribution >= 4 is 28.8 Å². The molecule has 2 aromatic rings. The standard InChI is InChI=1S/C19H24N4O2S/c1-19(2,3)14-10-21-16(26-14)17-22(5)18(25)12-8-6-7-9-13(12)23(17)11-15(24)20-4/h6-10,17H,11H2,1-5H3,(H,20,24). The summed E-state index contributed by atoms with van der Waals surface area (Å²) in [7, 11) is 3.38. The summed E-state index contributed by atoms with van der Waals surface area (Å²) < 4.78 is 0. The lowest BCUT2D eigenvalue weighted by Crippen LogP contribution is -2.50. The van der Waals surface area contributed by atoms with Crippen molar-refractivity contribution in [3.8, 4) is 0 Å². The van der Waals surface area contributed by atoms with Gasteiger partial charge in [-0.3, -0.25) is 9.59 Å². The zero-order chi connectivity index (χ0) is 19.1. The number of carbonyl (C=O) groups excluding carboxylic acids is 2. The van der Waals surface area contributed by atoms with Gasteiger partial charge >= 0.3 is 0 Å². The van der Waals surface area contributed by atoms with Crippen LogP contribution >= 0.6 is 11.3 Å². The summed E-state index contributed by atoms with van der Waals surface area (Å²) in [6.07, 6.45) is 1.47. The highest BCUT2D eigenvalue weighted by atomic mass is 32.1. The number of fused-ring (bicyclic) bond motifs is 1. The van der Waals surface area contributed by atoms with Crippen molar-refractivity contribution in [2.24, 2.45) is 0 Å². The quantitative estimate of drug-likeness (QED) is 0.900. The molecule has 1 atom stereocenters. The molecule has 26 heavy (non-hydrogen) atoms. The summed E-state index contributed by atoms with van der Waals surface area (Å²) in [5.74, 6) is -0.175. The monoisotopic (exact) mass is 372 g/mol. The largest absolute Gasteiger partial charge is 0.358 e. The Labute approximate surface area is 157 Å². The smallest absolute Gasteiger partial charge is 0.257 e. The van der Waals surface area contributed by atoms with Crippen LogP contribution in [0.3, 0.4) is 0 Å². The van der Waals surface area contributed by atoms with Crippen LogP contribution in [0.4, 0.5) is 5.69 Å². The van der Waals surface area contributed by atoms with Crippen LogP contribution in [-0.4, -0.2) is 42.3 Å². The van der Waals surface area contributed by atoms with Crippen molar-refractivity contribution in [3.05, 3.63) is 45.9 Å². The van der Waals surface area contributed by atoms with Gasteiger partial charge in [0.1, 0.15) is 5.01 Å². The third kappa shape index (κ3) is 3.19. The molecule has 2 heterocycles. The molecule has 0 bridgehead atoms. The molecule has 1 aliphatic heterocycles. The van der Waals surface area contributed by atoms with Gasteiger partial charge in [-0.25, -0.2) is 4.98 Å². The van der Waals surface area contributed by atoms with Crippen molar-refractivity contribution in [1.82, 2.24) is 15.2 Å². The zero-order valence-corrected chi connectivity index (χ0v) is 16.6. The van der Waals surface area contributed by atoms with Crippen LogP contribution in [0, 0.1) is 0 Å². The fourth-order valence-electron chi connectivity index (χ4n) is 3.00. The molecular formula is C19H24N4O2S. The van der Waals surface area contributed by atoms with E-state index in [1.165, 1.54) is 0 Å². The molecule has 2 amide bonds. The third-order valence-corrected chi connectivity index (χ3v) is 5.97. The number of aromatic nitrogens is 1. The van der Waals surface area contributed by atoms with Crippen molar-refractivity contribution in [2.75, 3.05) is 25.5 Å². The first-order valence-corrected chi connectivity index (χ1v) is 9.35. The maximum absolute atomic E-state index is 12.9. The number of carbonyl (C=O) groups is 2. The molecule has 1 aromatic carbocycles. The first kappa shape index (κ1) is 18.4. The Morgan fingerprint density at radius 3 is 2.62 bits per heavy atom. The number of likely N-dealkylation sites (N-methyl/N-ethyl adjacent to an activating group) is 1. The van der Waals surface area contributed by atoms with Crippen LogP contribution in [0.2, 0.25) is 0 Å². The maximum Gasteiger partial charge on any atom is 0.257 e. The third-order valence-electron chi connectivity index (χ3n) is 4.50. The molecule has 1 aliphatic rings. The second-order valence-electron chi connectivity index (χ2n) is 7.42. The molecule has 1 unspecified atom stereocenters. The molecule has 0 saturated carbocycles. The number of amides is 2. The van der Waals surface area contributed by atoms with Gasteiger partial charge in [0.2, 0.25) is 5.91 Å². The van der Waals surface area contributed by atoms with Gasteiger partial charge in [-0.1, -0.05) is 32.9 Å². The fraction of sp³-hybridized carbons (Fsp3) is 0.421. The van der Waals surface area contributed by atoms with Gasteiger partial charge in [-0.2, -0.15) is 0 Å². The van der Waals surface area contributed by atoms with Crippen LogP contribution in [0.1, 0.15) is 47.2 Å². The second kappa shape index (κ2) is 6.72. The van der Waals surface area contributed by atoms with E-state index >= 15 is 0 Å². The minimum Gasteiger partial charge on any atom is -0.358 e. The van der Waals surface area contributed by atoms with Crippen molar-refractivity contribution in [3.63, 3.8) is 0 Å². The number of hydrogen-bond donors (Lipinski definition) is 1. The Bertz CT molecular complexity index is 840. The molecule has 3 rings (SSSR count). The highest BCUT2D eigenvalue weighted by Crippen LogP contribution is 2.40. The minimum atomic E-state index is -0.407. The second-order valence-corrected chi connectivity index (χ2v) is 8.48. The SMILES string of the molecule is CNC(=O)CN1c2ccccc2C(=O)N(C)C1c1ncc(C(C)(C)C)s1. The summed E-state index contributed by atoms with van der Waals surface area (Å²) in [5.41, 5.74) is 1.34. The predicted molar refractivity (Wildman–Crippen MR) is 104 cm³/mol. The molecule has 138 valence electrons. The van der Waals surface area contributed by atoms with Crippen molar-refractivity contribution in [2.45, 2.75) is 32.4 Å². The molecule has 1 N–H and O–H groups in total. The van der Waals surface area contributed by atoms with Crippen LogP contribution in [0.25, 0.3) is 0 Å². The van der Waals surface area contributed by atoms with E-state index in [0.29, 0.717) is 5.56 Å². The number of anilines is 1. The first-order chi connectivity index (χ1) is 12.2. The molecule has 0 spiro atoms. The minimum absolute atomic E-state index is 0.0172. The molecule has 6 nitrogen and oxygen atoms in total. The molecule has 0 fully saturated rings. The summed E-state index contributed by atoms with van der Waals surface area (Å²) in [4.78, 5) is 34.4. The molecular weight excluding hydrogens is 348 g/mol. The lowest BCUT2D eigenvalue weighted by molar-refractivity contribution is -0.119. The van der Waals surface area contributed by atoms with Crippen LogP contribution in [0.5, 0.6) is 0 Å². The van der Waals surface area contributed by atoms with Crippen LogP contribution < -0.4 is 10.2 Å². The van der Waals surface area contributed by atoms with Gasteiger partial charge < -0.3 is 15.1 Å². The number of thiazole rings is 1. The lowest BCUT2D eigenvalue weighted by Gasteiger charge is -2.42. The van der Waals surface area contributed by atoms with E-state index in [0.717, 1.165) is 15.6 Å². The molecule has 1 aromatic heterocycles. The van der Waals surface area contributed by atoms with Crippen LogP contribution in [-0.2, 0) is 10.2 Å². The lowest BCUT2D eigenvalue weighted by atomic mass is 9.96. The number of hydrogen-bond acceptors (Lipinski definition) is 5. The summed E-state index contributed by atoms with van der Waals surface area (Å²) in [6, 6.07) is 7.40. The number of rotatable bonds is 3. The Hall–Kier alpha value is -2.41. The van der Waals surface area contributed by atoms with Gasteiger partial charge in [-0.05, 0) is 17.5 Å². The van der Waals surface area contributed by atoms with E-state index in [2.05, 4.69) is 31.1 Å². The number of benzene rings is 1. The van der Waals surface area contributed by atoms with E-state index in [1.54, 1.807) is 36.4 Å². The maximum atomic E-state index is 12.9. The average Bonchev–Trinajstić information content (AvgIpc) is 3.09. The zero-order valence-electron chi connectivity index (χ0n) is 15.7. The van der Waals surface area contributed by atoms with Gasteiger partial charge in [-0.15, -0.1) is 11.3 Å². The fourth-order valence-corrected chi connectivity index (χ4v) is 4.14. The Balaban J connectivity index is 2.10. The number of para-hydroxylation sites is 1. The van der Waals surface area contributed by atoms with E-state index < -0.39 is 6.17 Å².